The number of hydrogen-bond donors (Lipinski definition) is 1. The van der Waals surface area contributed by atoms with Gasteiger partial charge in [-0.3, -0.25) is 19.3 Å². The van der Waals surface area contributed by atoms with Crippen LogP contribution in [0.1, 0.15) is 61.5 Å². The van der Waals surface area contributed by atoms with Gasteiger partial charge in [0, 0.05) is 0 Å². The average Bonchev–Trinajstić information content (AvgIpc) is 3.46. The van der Waals surface area contributed by atoms with Gasteiger partial charge >= 0.3 is 0 Å². The van der Waals surface area contributed by atoms with E-state index in [1.807, 2.05) is 12.1 Å². The maximum atomic E-state index is 12.9. The number of fused-ring (bicyclic) bond motifs is 1. The highest BCUT2D eigenvalue weighted by Gasteiger charge is 2.44. The molecule has 2 aliphatic rings. The number of imide groups is 1. The molecule has 6 nitrogen and oxygen atoms in total. The van der Waals surface area contributed by atoms with E-state index < -0.39 is 11.8 Å². The minimum atomic E-state index is -0.705. The smallest absolute Gasteiger partial charge is 0.262 e. The fraction of sp³-hybridized carbons (Fsp3) is 0.348. The van der Waals surface area contributed by atoms with E-state index in [1.165, 1.54) is 29.4 Å². The lowest BCUT2D eigenvalue weighted by molar-refractivity contribution is 0.0640. The minimum Gasteiger partial charge on any atom is -0.366 e. The second-order valence-electron chi connectivity index (χ2n) is 8.32. The number of carbonyl (C=O) groups excluding carboxylic acids is 3. The third-order valence-electron chi connectivity index (χ3n) is 6.04. The van der Waals surface area contributed by atoms with Gasteiger partial charge in [-0.25, -0.2) is 0 Å². The number of benzene rings is 2. The number of hydrogen-bond acceptors (Lipinski definition) is 4. The number of rotatable bonds is 7. The molecule has 1 heterocycles. The van der Waals surface area contributed by atoms with Gasteiger partial charge in [0.25, 0.3) is 11.8 Å². The van der Waals surface area contributed by atoms with E-state index in [-0.39, 0.29) is 34.6 Å². The van der Waals surface area contributed by atoms with Crippen molar-refractivity contribution in [3.8, 4) is 0 Å². The predicted octanol–water partition coefficient (Wildman–Crippen LogP) is 2.57. The molecular formula is C23H25N3O3. The molecule has 2 aromatic rings. The van der Waals surface area contributed by atoms with Gasteiger partial charge in [-0.1, -0.05) is 30.3 Å². The summed E-state index contributed by atoms with van der Waals surface area (Å²) in [4.78, 5) is 40.8. The molecule has 6 heteroatoms. The molecule has 3 amide bonds. The Labute approximate surface area is 170 Å². The van der Waals surface area contributed by atoms with Crippen LogP contribution >= 0.6 is 0 Å². The molecule has 2 N–H and O–H groups in total. The zero-order valence-corrected chi connectivity index (χ0v) is 16.8. The average molecular weight is 391 g/mol. The summed E-state index contributed by atoms with van der Waals surface area (Å²) in [5, 5.41) is 0. The molecule has 150 valence electrons. The maximum Gasteiger partial charge on any atom is 0.262 e. The summed E-state index contributed by atoms with van der Waals surface area (Å²) in [7, 11) is 4.16. The third kappa shape index (κ3) is 3.44. The molecule has 0 bridgehead atoms. The first-order valence-electron chi connectivity index (χ1n) is 9.85. The third-order valence-corrected chi connectivity index (χ3v) is 6.04. The molecule has 0 unspecified atom stereocenters. The molecule has 2 aromatic carbocycles. The quantitative estimate of drug-likeness (QED) is 0.736. The van der Waals surface area contributed by atoms with Gasteiger partial charge in [0.1, 0.15) is 0 Å². The molecule has 0 atom stereocenters. The fourth-order valence-electron chi connectivity index (χ4n) is 4.14. The van der Waals surface area contributed by atoms with Crippen LogP contribution < -0.4 is 5.73 Å². The number of nitrogens with zero attached hydrogens (tertiary/aromatic N) is 2. The van der Waals surface area contributed by atoms with Crippen molar-refractivity contribution in [1.82, 2.24) is 9.80 Å². The Balaban J connectivity index is 1.58. The van der Waals surface area contributed by atoms with Crippen LogP contribution in [0, 0.1) is 0 Å². The molecule has 1 aliphatic heterocycles. The molecule has 0 aromatic heterocycles. The number of carbonyl (C=O) groups is 3. The summed E-state index contributed by atoms with van der Waals surface area (Å²) >= 11 is 0. The number of amides is 3. The van der Waals surface area contributed by atoms with Gasteiger partial charge in [0.15, 0.2) is 0 Å². The molecule has 0 radical (unpaired) electrons. The first-order valence-corrected chi connectivity index (χ1v) is 9.85. The lowest BCUT2D eigenvalue weighted by atomic mass is 9.91. The summed E-state index contributed by atoms with van der Waals surface area (Å²) in [6.45, 7) is 1.21. The van der Waals surface area contributed by atoms with E-state index in [4.69, 9.17) is 5.73 Å². The molecule has 0 saturated heterocycles. The van der Waals surface area contributed by atoms with Crippen molar-refractivity contribution >= 4 is 17.7 Å². The maximum absolute atomic E-state index is 12.9. The van der Waals surface area contributed by atoms with Crippen LogP contribution in [0.2, 0.25) is 0 Å². The van der Waals surface area contributed by atoms with E-state index in [1.54, 1.807) is 12.1 Å². The van der Waals surface area contributed by atoms with Crippen LogP contribution in [0.5, 0.6) is 0 Å². The summed E-state index contributed by atoms with van der Waals surface area (Å²) in [5.41, 5.74) is 8.24. The molecule has 1 aliphatic carbocycles. The van der Waals surface area contributed by atoms with E-state index >= 15 is 0 Å². The molecular weight excluding hydrogens is 366 g/mol. The number of primary amides is 1. The van der Waals surface area contributed by atoms with Crippen LogP contribution in [-0.4, -0.2) is 48.2 Å². The lowest BCUT2D eigenvalue weighted by Crippen LogP contribution is -2.29. The van der Waals surface area contributed by atoms with Gasteiger partial charge in [0.2, 0.25) is 5.91 Å². The monoisotopic (exact) mass is 391 g/mol. The van der Waals surface area contributed by atoms with E-state index in [9.17, 15) is 14.4 Å². The van der Waals surface area contributed by atoms with Crippen LogP contribution in [0.15, 0.2) is 42.5 Å². The first-order chi connectivity index (χ1) is 13.8. The van der Waals surface area contributed by atoms with E-state index in [0.29, 0.717) is 0 Å². The Morgan fingerprint density at radius 1 is 1.10 bits per heavy atom. The van der Waals surface area contributed by atoms with Crippen molar-refractivity contribution in [3.05, 3.63) is 70.3 Å². The van der Waals surface area contributed by atoms with Crippen LogP contribution in [0.4, 0.5) is 0 Å². The largest absolute Gasteiger partial charge is 0.366 e. The normalized spacial score (nSPS) is 17.0. The van der Waals surface area contributed by atoms with Crippen molar-refractivity contribution in [2.75, 3.05) is 20.6 Å². The van der Waals surface area contributed by atoms with E-state index in [2.05, 4.69) is 31.1 Å². The highest BCUT2D eigenvalue weighted by molar-refractivity contribution is 6.24. The Morgan fingerprint density at radius 3 is 2.48 bits per heavy atom. The van der Waals surface area contributed by atoms with Gasteiger partial charge in [-0.15, -0.1) is 0 Å². The second-order valence-corrected chi connectivity index (χ2v) is 8.32. The standard InChI is InChI=1S/C23H25N3O3/c1-25(2)12-11-23(9-10-23)16-6-3-5-15(13-16)14-26-21(28)18-8-4-7-17(20(24)27)19(18)22(26)29/h3-8,13H,9-12,14H2,1-2H3,(H2,24,27). The second kappa shape index (κ2) is 7.12. The molecule has 1 saturated carbocycles. The zero-order valence-electron chi connectivity index (χ0n) is 16.8. The Hall–Kier alpha value is -2.99. The highest BCUT2D eigenvalue weighted by atomic mass is 16.2. The van der Waals surface area contributed by atoms with Crippen molar-refractivity contribution in [3.63, 3.8) is 0 Å². The van der Waals surface area contributed by atoms with E-state index in [0.717, 1.165) is 18.5 Å². The minimum absolute atomic E-state index is 0.0951. The predicted molar refractivity (Wildman–Crippen MR) is 110 cm³/mol. The highest BCUT2D eigenvalue weighted by Crippen LogP contribution is 2.51. The van der Waals surface area contributed by atoms with Gasteiger partial charge in [0.05, 0.1) is 23.2 Å². The van der Waals surface area contributed by atoms with Crippen molar-refractivity contribution in [1.29, 1.82) is 0 Å². The summed E-state index contributed by atoms with van der Waals surface area (Å²) in [5.74, 6) is -1.55. The van der Waals surface area contributed by atoms with Crippen LogP contribution in [0.3, 0.4) is 0 Å². The van der Waals surface area contributed by atoms with Gasteiger partial charge in [-0.2, -0.15) is 0 Å². The molecule has 4 rings (SSSR count). The van der Waals surface area contributed by atoms with Crippen molar-refractivity contribution in [2.24, 2.45) is 5.73 Å². The Bertz CT molecular complexity index is 1010. The Kier molecular flexibility index (Phi) is 4.74. The number of nitrogens with two attached hydrogens (primary N) is 1. The van der Waals surface area contributed by atoms with Crippen LogP contribution in [0.25, 0.3) is 0 Å². The summed E-state index contributed by atoms with van der Waals surface area (Å²) in [6.07, 6.45) is 3.43. The van der Waals surface area contributed by atoms with Crippen molar-refractivity contribution in [2.45, 2.75) is 31.2 Å². The fourth-order valence-corrected chi connectivity index (χ4v) is 4.14. The molecule has 1 fully saturated rings. The topological polar surface area (TPSA) is 83.7 Å². The Morgan fingerprint density at radius 2 is 1.83 bits per heavy atom. The SMILES string of the molecule is CN(C)CCC1(c2cccc(CN3C(=O)c4cccc(C(N)=O)c4C3=O)c2)CC1. The van der Waals surface area contributed by atoms with Crippen molar-refractivity contribution < 1.29 is 14.4 Å². The van der Waals surface area contributed by atoms with Crippen LogP contribution in [-0.2, 0) is 12.0 Å². The summed E-state index contributed by atoms with van der Waals surface area (Å²) in [6, 6.07) is 12.8. The summed E-state index contributed by atoms with van der Waals surface area (Å²) < 4.78 is 0. The molecule has 29 heavy (non-hydrogen) atoms. The first kappa shape index (κ1) is 19.3. The molecule has 0 spiro atoms. The zero-order chi connectivity index (χ0) is 20.8. The van der Waals surface area contributed by atoms with Gasteiger partial charge in [-0.05, 0) is 68.6 Å². The van der Waals surface area contributed by atoms with Gasteiger partial charge < -0.3 is 10.6 Å². The lowest BCUT2D eigenvalue weighted by Gasteiger charge is -2.20.